The Labute approximate surface area is 87.7 Å². The number of alkyl halides is 2. The Morgan fingerprint density at radius 1 is 1.43 bits per heavy atom. The van der Waals surface area contributed by atoms with E-state index in [1.165, 1.54) is 19.1 Å². The van der Waals surface area contributed by atoms with Gasteiger partial charge in [0.05, 0.1) is 5.76 Å². The van der Waals surface area contributed by atoms with Gasteiger partial charge in [-0.3, -0.25) is 0 Å². The average Bonchev–Trinajstić information content (AvgIpc) is 2.10. The normalized spacial score (nSPS) is 14.1. The van der Waals surface area contributed by atoms with E-state index in [4.69, 9.17) is 11.6 Å². The molecule has 0 rings (SSSR count). The van der Waals surface area contributed by atoms with Crippen molar-refractivity contribution < 1.29 is 13.5 Å². The molecule has 0 radical (unpaired) electrons. The molecular weight excluding hydrogens is 210 g/mol. The minimum atomic E-state index is -2.79. The summed E-state index contributed by atoms with van der Waals surface area (Å²) in [5.41, 5.74) is 0. The number of halogens is 3. The van der Waals surface area contributed by atoms with Crippen LogP contribution in [0.2, 0.25) is 0 Å². The van der Waals surface area contributed by atoms with Crippen LogP contribution in [-0.4, -0.2) is 6.61 Å². The number of rotatable bonds is 5. The van der Waals surface area contributed by atoms with E-state index in [1.807, 2.05) is 13.0 Å². The fraction of sp³-hybridized carbons (Fsp3) is 0.400. The van der Waals surface area contributed by atoms with Crippen LogP contribution in [0.5, 0.6) is 0 Å². The fourth-order valence-electron chi connectivity index (χ4n) is 0.663. The van der Waals surface area contributed by atoms with Gasteiger partial charge in [0.2, 0.25) is 0 Å². The summed E-state index contributed by atoms with van der Waals surface area (Å²) in [6, 6.07) is 0. The summed E-state index contributed by atoms with van der Waals surface area (Å²) in [6.45, 7) is 0.627. The molecule has 0 aliphatic carbocycles. The minimum absolute atomic E-state index is 0.128. The summed E-state index contributed by atoms with van der Waals surface area (Å²) in [7, 11) is 0. The molecule has 0 aromatic carbocycles. The van der Waals surface area contributed by atoms with Gasteiger partial charge in [0.1, 0.15) is 0 Å². The smallest absolute Gasteiger partial charge is 0.387 e. The lowest BCUT2D eigenvalue weighted by Crippen LogP contribution is -1.95. The van der Waals surface area contributed by atoms with Gasteiger partial charge < -0.3 is 4.74 Å². The maximum Gasteiger partial charge on any atom is 0.387 e. The SMILES string of the molecule is CC/C=C/C(Cl)=C\C=C(/C)OC(F)F. The highest BCUT2D eigenvalue weighted by Crippen LogP contribution is 2.08. The van der Waals surface area contributed by atoms with Crippen LogP contribution in [0.1, 0.15) is 20.3 Å². The van der Waals surface area contributed by atoms with Gasteiger partial charge in [-0.05, 0) is 31.6 Å². The van der Waals surface area contributed by atoms with Crippen molar-refractivity contribution in [3.05, 3.63) is 35.1 Å². The molecule has 0 aliphatic heterocycles. The van der Waals surface area contributed by atoms with Gasteiger partial charge in [0, 0.05) is 5.03 Å². The van der Waals surface area contributed by atoms with Crippen LogP contribution < -0.4 is 0 Å². The second-order valence-corrected chi connectivity index (χ2v) is 2.95. The topological polar surface area (TPSA) is 9.23 Å². The third kappa shape index (κ3) is 7.80. The molecule has 4 heteroatoms. The van der Waals surface area contributed by atoms with Crippen molar-refractivity contribution in [2.24, 2.45) is 0 Å². The lowest BCUT2D eigenvalue weighted by molar-refractivity contribution is -0.0953. The van der Waals surface area contributed by atoms with E-state index in [0.29, 0.717) is 5.03 Å². The molecule has 1 nitrogen and oxygen atoms in total. The van der Waals surface area contributed by atoms with E-state index in [2.05, 4.69) is 4.74 Å². The van der Waals surface area contributed by atoms with Crippen LogP contribution in [0, 0.1) is 0 Å². The average molecular weight is 223 g/mol. The third-order valence-electron chi connectivity index (χ3n) is 1.27. The Hall–Kier alpha value is -0.830. The van der Waals surface area contributed by atoms with Crippen LogP contribution in [0.25, 0.3) is 0 Å². The molecule has 0 N–H and O–H groups in total. The predicted molar refractivity (Wildman–Crippen MR) is 54.2 cm³/mol. The lowest BCUT2D eigenvalue weighted by Gasteiger charge is -2.01. The third-order valence-corrected chi connectivity index (χ3v) is 1.52. The first-order valence-corrected chi connectivity index (χ1v) is 4.59. The van der Waals surface area contributed by atoms with Gasteiger partial charge in [-0.25, -0.2) is 0 Å². The molecule has 0 unspecified atom stereocenters. The Kier molecular flexibility index (Phi) is 7.11. The van der Waals surface area contributed by atoms with E-state index < -0.39 is 6.61 Å². The Morgan fingerprint density at radius 2 is 2.07 bits per heavy atom. The van der Waals surface area contributed by atoms with E-state index in [0.717, 1.165) is 6.42 Å². The van der Waals surface area contributed by atoms with E-state index in [-0.39, 0.29) is 5.76 Å². The molecule has 80 valence electrons. The first-order valence-electron chi connectivity index (χ1n) is 4.21. The van der Waals surface area contributed by atoms with Crippen LogP contribution in [0.3, 0.4) is 0 Å². The van der Waals surface area contributed by atoms with Gasteiger partial charge in [0.25, 0.3) is 0 Å². The van der Waals surface area contributed by atoms with Crippen molar-refractivity contribution in [3.8, 4) is 0 Å². The number of hydrogen-bond acceptors (Lipinski definition) is 1. The number of hydrogen-bond donors (Lipinski definition) is 0. The fourth-order valence-corrected chi connectivity index (χ4v) is 0.815. The summed E-state index contributed by atoms with van der Waals surface area (Å²) in [6.07, 6.45) is 7.35. The maximum atomic E-state index is 11.7. The summed E-state index contributed by atoms with van der Waals surface area (Å²) < 4.78 is 27.5. The highest BCUT2D eigenvalue weighted by molar-refractivity contribution is 6.31. The van der Waals surface area contributed by atoms with Crippen molar-refractivity contribution in [2.45, 2.75) is 26.9 Å². The Balaban J connectivity index is 4.16. The second-order valence-electron chi connectivity index (χ2n) is 2.52. The zero-order valence-corrected chi connectivity index (χ0v) is 8.89. The minimum Gasteiger partial charge on any atom is -0.440 e. The zero-order valence-electron chi connectivity index (χ0n) is 8.14. The summed E-state index contributed by atoms with van der Waals surface area (Å²) in [4.78, 5) is 0. The lowest BCUT2D eigenvalue weighted by atomic mass is 10.3. The highest BCUT2D eigenvalue weighted by atomic mass is 35.5. The van der Waals surface area contributed by atoms with Gasteiger partial charge in [-0.2, -0.15) is 8.78 Å². The maximum absolute atomic E-state index is 11.7. The van der Waals surface area contributed by atoms with Crippen LogP contribution in [0.15, 0.2) is 35.1 Å². The summed E-state index contributed by atoms with van der Waals surface area (Å²) >= 11 is 5.73. The van der Waals surface area contributed by atoms with Gasteiger partial charge in [-0.1, -0.05) is 24.6 Å². The molecule has 0 aliphatic rings. The molecule has 0 aromatic rings. The predicted octanol–water partition coefficient (Wildman–Crippen LogP) is 4.22. The molecule has 0 saturated heterocycles. The first-order chi connectivity index (χ1) is 6.56. The molecule has 14 heavy (non-hydrogen) atoms. The van der Waals surface area contributed by atoms with Gasteiger partial charge >= 0.3 is 6.61 Å². The van der Waals surface area contributed by atoms with Crippen molar-refractivity contribution in [1.82, 2.24) is 0 Å². The first kappa shape index (κ1) is 13.2. The zero-order chi connectivity index (χ0) is 11.0. The monoisotopic (exact) mass is 222 g/mol. The largest absolute Gasteiger partial charge is 0.440 e. The molecule has 0 fully saturated rings. The number of allylic oxidation sites excluding steroid dienone is 6. The molecule has 0 spiro atoms. The van der Waals surface area contributed by atoms with Crippen LogP contribution in [0.4, 0.5) is 8.78 Å². The molecule has 0 saturated carbocycles. The van der Waals surface area contributed by atoms with Crippen molar-refractivity contribution >= 4 is 11.6 Å². The van der Waals surface area contributed by atoms with Crippen LogP contribution in [-0.2, 0) is 4.74 Å². The van der Waals surface area contributed by atoms with Crippen molar-refractivity contribution in [3.63, 3.8) is 0 Å². The standard InChI is InChI=1S/C10H13ClF2O/c1-3-4-5-9(11)7-6-8(2)14-10(12)13/h4-7,10H,3H2,1-2H3/b5-4+,8-6+,9-7+. The van der Waals surface area contributed by atoms with Gasteiger partial charge in [0.15, 0.2) is 0 Å². The highest BCUT2D eigenvalue weighted by Gasteiger charge is 2.00. The second kappa shape index (κ2) is 7.56. The molecule has 0 aromatic heterocycles. The Bertz CT molecular complexity index is 245. The molecule has 0 atom stereocenters. The number of ether oxygens (including phenoxy) is 1. The molecular formula is C10H13ClF2O. The van der Waals surface area contributed by atoms with E-state index in [9.17, 15) is 8.78 Å². The quantitative estimate of drug-likeness (QED) is 0.500. The summed E-state index contributed by atoms with van der Waals surface area (Å²) in [5.74, 6) is 0.128. The van der Waals surface area contributed by atoms with E-state index in [1.54, 1.807) is 6.08 Å². The Morgan fingerprint density at radius 3 is 2.57 bits per heavy atom. The van der Waals surface area contributed by atoms with Crippen molar-refractivity contribution in [2.75, 3.05) is 0 Å². The van der Waals surface area contributed by atoms with E-state index >= 15 is 0 Å². The molecule has 0 bridgehead atoms. The summed E-state index contributed by atoms with van der Waals surface area (Å²) in [5, 5.41) is 0.476. The van der Waals surface area contributed by atoms with Gasteiger partial charge in [-0.15, -0.1) is 0 Å². The molecule has 0 heterocycles. The molecule has 0 amide bonds. The van der Waals surface area contributed by atoms with Crippen LogP contribution >= 0.6 is 11.6 Å². The van der Waals surface area contributed by atoms with Crippen molar-refractivity contribution in [1.29, 1.82) is 0 Å².